The fourth-order valence-electron chi connectivity index (χ4n) is 3.89. The summed E-state index contributed by atoms with van der Waals surface area (Å²) < 4.78 is 28.3. The van der Waals surface area contributed by atoms with Gasteiger partial charge in [0.05, 0.1) is 17.0 Å². The maximum atomic E-state index is 13.6. The lowest BCUT2D eigenvalue weighted by Gasteiger charge is -2.27. The highest BCUT2D eigenvalue weighted by Crippen LogP contribution is 2.32. The molecule has 3 aromatic carbocycles. The summed E-state index contributed by atoms with van der Waals surface area (Å²) in [5.41, 5.74) is 1.29. The molecule has 3 aromatic rings. The van der Waals surface area contributed by atoms with Crippen molar-refractivity contribution in [1.29, 1.82) is 0 Å². The van der Waals surface area contributed by atoms with Crippen LogP contribution in [-0.2, 0) is 31.0 Å². The molecule has 1 N–H and O–H groups in total. The summed E-state index contributed by atoms with van der Waals surface area (Å²) in [5.74, 6) is -1.44. The van der Waals surface area contributed by atoms with E-state index in [9.17, 15) is 22.8 Å². The van der Waals surface area contributed by atoms with Crippen LogP contribution in [0.2, 0.25) is 5.02 Å². The molecular weight excluding hydrogens is 490 g/mol. The van der Waals surface area contributed by atoms with E-state index in [1.165, 1.54) is 31.2 Å². The van der Waals surface area contributed by atoms with Gasteiger partial charge >= 0.3 is 0 Å². The standard InChI is InChI=1S/C25H22ClN3O5S/c1-17(30)27-19-11-13-20(14-12-19)29-24(31)15-23(25(29)32)28(16-18-7-5-6-10-22(18)26)35(33,34)21-8-3-2-4-9-21/h2-14,23H,15-16H2,1H3,(H,27,30). The Labute approximate surface area is 208 Å². The van der Waals surface area contributed by atoms with Gasteiger partial charge in [-0.05, 0) is 48.0 Å². The van der Waals surface area contributed by atoms with Crippen LogP contribution in [0, 0.1) is 0 Å². The number of amides is 3. The number of nitrogens with zero attached hydrogens (tertiary/aromatic N) is 2. The van der Waals surface area contributed by atoms with Crippen molar-refractivity contribution in [3.8, 4) is 0 Å². The third-order valence-corrected chi connectivity index (χ3v) is 7.79. The monoisotopic (exact) mass is 511 g/mol. The molecule has 1 unspecified atom stereocenters. The summed E-state index contributed by atoms with van der Waals surface area (Å²) in [7, 11) is -4.15. The lowest BCUT2D eigenvalue weighted by atomic mass is 10.2. The molecule has 0 bridgehead atoms. The molecule has 1 fully saturated rings. The van der Waals surface area contributed by atoms with E-state index in [2.05, 4.69) is 5.32 Å². The third-order valence-electron chi connectivity index (χ3n) is 5.55. The van der Waals surface area contributed by atoms with Gasteiger partial charge in [-0.15, -0.1) is 0 Å². The summed E-state index contributed by atoms with van der Waals surface area (Å²) in [6, 6.07) is 19.4. The molecule has 8 nitrogen and oxygen atoms in total. The minimum absolute atomic E-state index is 0.00501. The van der Waals surface area contributed by atoms with Crippen molar-refractivity contribution < 1.29 is 22.8 Å². The van der Waals surface area contributed by atoms with E-state index < -0.39 is 27.9 Å². The molecule has 1 saturated heterocycles. The number of nitrogens with one attached hydrogen (secondary N) is 1. The lowest BCUT2D eigenvalue weighted by molar-refractivity contribution is -0.122. The molecule has 4 rings (SSSR count). The molecule has 0 aromatic heterocycles. The molecule has 0 aliphatic carbocycles. The van der Waals surface area contributed by atoms with Gasteiger partial charge in [0.2, 0.25) is 21.8 Å². The van der Waals surface area contributed by atoms with Crippen LogP contribution < -0.4 is 10.2 Å². The van der Waals surface area contributed by atoms with Crippen molar-refractivity contribution in [2.45, 2.75) is 30.8 Å². The molecule has 3 amide bonds. The molecular formula is C25H22ClN3O5S. The molecule has 1 aliphatic rings. The number of benzene rings is 3. The Balaban J connectivity index is 1.71. The van der Waals surface area contributed by atoms with Crippen LogP contribution in [0.4, 0.5) is 11.4 Å². The normalized spacial score (nSPS) is 16.1. The van der Waals surface area contributed by atoms with E-state index >= 15 is 0 Å². The number of imide groups is 1. The molecule has 1 aliphatic heterocycles. The number of anilines is 2. The maximum Gasteiger partial charge on any atom is 0.252 e. The Morgan fingerprint density at radius 2 is 1.63 bits per heavy atom. The summed E-state index contributed by atoms with van der Waals surface area (Å²) in [6.45, 7) is 1.18. The summed E-state index contributed by atoms with van der Waals surface area (Å²) in [6.07, 6.45) is -0.317. The Kier molecular flexibility index (Phi) is 7.02. The van der Waals surface area contributed by atoms with Crippen molar-refractivity contribution in [2.75, 3.05) is 10.2 Å². The molecule has 0 saturated carbocycles. The van der Waals surface area contributed by atoms with Gasteiger partial charge in [0, 0.05) is 24.2 Å². The van der Waals surface area contributed by atoms with Gasteiger partial charge in [0.25, 0.3) is 5.91 Å². The van der Waals surface area contributed by atoms with E-state index in [4.69, 9.17) is 11.6 Å². The fourth-order valence-corrected chi connectivity index (χ4v) is 5.67. The Morgan fingerprint density at radius 1 is 1.00 bits per heavy atom. The van der Waals surface area contributed by atoms with Crippen LogP contribution in [0.5, 0.6) is 0 Å². The van der Waals surface area contributed by atoms with E-state index in [-0.39, 0.29) is 29.5 Å². The molecule has 10 heteroatoms. The third kappa shape index (κ3) is 5.12. The molecule has 0 radical (unpaired) electrons. The van der Waals surface area contributed by atoms with Gasteiger partial charge < -0.3 is 5.32 Å². The van der Waals surface area contributed by atoms with E-state index in [0.29, 0.717) is 16.3 Å². The first-order valence-electron chi connectivity index (χ1n) is 10.7. The average Bonchev–Trinajstić information content (AvgIpc) is 3.12. The fraction of sp³-hybridized carbons (Fsp3) is 0.160. The number of hydrogen-bond donors (Lipinski definition) is 1. The Morgan fingerprint density at radius 3 is 2.26 bits per heavy atom. The second-order valence-corrected chi connectivity index (χ2v) is 10.3. The predicted molar refractivity (Wildman–Crippen MR) is 132 cm³/mol. The Bertz CT molecular complexity index is 1380. The van der Waals surface area contributed by atoms with Gasteiger partial charge in [-0.1, -0.05) is 48.0 Å². The van der Waals surface area contributed by atoms with Crippen molar-refractivity contribution in [2.24, 2.45) is 0 Å². The number of halogens is 1. The average molecular weight is 512 g/mol. The van der Waals surface area contributed by atoms with Gasteiger partial charge in [-0.2, -0.15) is 4.31 Å². The largest absolute Gasteiger partial charge is 0.326 e. The lowest BCUT2D eigenvalue weighted by Crippen LogP contribution is -2.45. The highest BCUT2D eigenvalue weighted by Gasteiger charge is 2.47. The van der Waals surface area contributed by atoms with Crippen molar-refractivity contribution in [3.63, 3.8) is 0 Å². The smallest absolute Gasteiger partial charge is 0.252 e. The number of carbonyl (C=O) groups excluding carboxylic acids is 3. The quantitative estimate of drug-likeness (QED) is 0.486. The first-order valence-corrected chi connectivity index (χ1v) is 12.5. The number of carbonyl (C=O) groups is 3. The number of sulfonamides is 1. The summed E-state index contributed by atoms with van der Waals surface area (Å²) in [5, 5.41) is 2.97. The SMILES string of the molecule is CC(=O)Nc1ccc(N2C(=O)CC(N(Cc3ccccc3Cl)S(=O)(=O)c3ccccc3)C2=O)cc1. The van der Waals surface area contributed by atoms with Gasteiger partial charge in [0.15, 0.2) is 0 Å². The van der Waals surface area contributed by atoms with Crippen LogP contribution in [0.3, 0.4) is 0 Å². The zero-order valence-corrected chi connectivity index (χ0v) is 20.3. The molecule has 1 atom stereocenters. The van der Waals surface area contributed by atoms with Crippen molar-refractivity contribution >= 4 is 50.7 Å². The molecule has 0 spiro atoms. The van der Waals surface area contributed by atoms with Crippen LogP contribution in [0.15, 0.2) is 83.8 Å². The van der Waals surface area contributed by atoms with Crippen LogP contribution in [0.1, 0.15) is 18.9 Å². The zero-order chi connectivity index (χ0) is 25.2. The van der Waals surface area contributed by atoms with E-state index in [1.807, 2.05) is 0 Å². The maximum absolute atomic E-state index is 13.6. The first-order chi connectivity index (χ1) is 16.7. The minimum Gasteiger partial charge on any atom is -0.326 e. The number of hydrogen-bond acceptors (Lipinski definition) is 5. The highest BCUT2D eigenvalue weighted by molar-refractivity contribution is 7.89. The van der Waals surface area contributed by atoms with Crippen LogP contribution in [0.25, 0.3) is 0 Å². The molecule has 180 valence electrons. The van der Waals surface area contributed by atoms with Crippen molar-refractivity contribution in [1.82, 2.24) is 4.31 Å². The number of rotatable bonds is 7. The Hall–Kier alpha value is -3.53. The predicted octanol–water partition coefficient (Wildman–Crippen LogP) is 3.82. The second-order valence-electron chi connectivity index (χ2n) is 7.97. The van der Waals surface area contributed by atoms with Crippen LogP contribution in [-0.4, -0.2) is 36.5 Å². The molecule has 1 heterocycles. The van der Waals surface area contributed by atoms with Crippen molar-refractivity contribution in [3.05, 3.63) is 89.4 Å². The van der Waals surface area contributed by atoms with E-state index in [1.54, 1.807) is 54.6 Å². The highest BCUT2D eigenvalue weighted by atomic mass is 35.5. The summed E-state index contributed by atoms with van der Waals surface area (Å²) in [4.78, 5) is 38.6. The summed E-state index contributed by atoms with van der Waals surface area (Å²) >= 11 is 6.30. The van der Waals surface area contributed by atoms with E-state index in [0.717, 1.165) is 9.21 Å². The minimum atomic E-state index is -4.15. The first kappa shape index (κ1) is 24.6. The molecule has 35 heavy (non-hydrogen) atoms. The second kappa shape index (κ2) is 9.99. The van der Waals surface area contributed by atoms with Gasteiger partial charge in [-0.3, -0.25) is 14.4 Å². The topological polar surface area (TPSA) is 104 Å². The zero-order valence-electron chi connectivity index (χ0n) is 18.7. The van der Waals surface area contributed by atoms with Gasteiger partial charge in [-0.25, -0.2) is 13.3 Å². The van der Waals surface area contributed by atoms with Gasteiger partial charge in [0.1, 0.15) is 6.04 Å². The van der Waals surface area contributed by atoms with Crippen LogP contribution >= 0.6 is 11.6 Å².